The van der Waals surface area contributed by atoms with Crippen molar-refractivity contribution in [2.24, 2.45) is 0 Å². The Morgan fingerprint density at radius 1 is 0.964 bits per heavy atom. The first kappa shape index (κ1) is 19.8. The molecule has 0 heterocycles. The van der Waals surface area contributed by atoms with E-state index in [1.807, 2.05) is 85.8 Å². The lowest BCUT2D eigenvalue weighted by atomic mass is 10.1. The molecule has 4 nitrogen and oxygen atoms in total. The second kappa shape index (κ2) is 9.85. The highest BCUT2D eigenvalue weighted by Crippen LogP contribution is 2.37. The highest BCUT2D eigenvalue weighted by Gasteiger charge is 2.23. The van der Waals surface area contributed by atoms with Crippen molar-refractivity contribution in [2.75, 3.05) is 19.0 Å². The van der Waals surface area contributed by atoms with Gasteiger partial charge in [0.15, 0.2) is 0 Å². The first-order valence-corrected chi connectivity index (χ1v) is 9.97. The number of amides is 1. The normalized spacial score (nSPS) is 11.5. The first-order valence-electron chi connectivity index (χ1n) is 9.09. The van der Waals surface area contributed by atoms with Gasteiger partial charge in [-0.1, -0.05) is 42.5 Å². The molecule has 144 valence electrons. The number of benzene rings is 3. The molecule has 28 heavy (non-hydrogen) atoms. The number of anilines is 1. The van der Waals surface area contributed by atoms with Crippen LogP contribution in [0.3, 0.4) is 0 Å². The van der Waals surface area contributed by atoms with E-state index < -0.39 is 5.25 Å². The first-order chi connectivity index (χ1) is 13.7. The number of hydrogen-bond acceptors (Lipinski definition) is 4. The van der Waals surface area contributed by atoms with Gasteiger partial charge in [0.05, 0.1) is 19.4 Å². The molecule has 0 saturated heterocycles. The van der Waals surface area contributed by atoms with E-state index in [2.05, 4.69) is 5.32 Å². The highest BCUT2D eigenvalue weighted by atomic mass is 32.2. The number of methoxy groups -OCH3 is 1. The number of ether oxygens (including phenoxy) is 2. The number of thioether (sulfide) groups is 1. The van der Waals surface area contributed by atoms with Crippen molar-refractivity contribution in [3.8, 4) is 11.5 Å². The lowest BCUT2D eigenvalue weighted by molar-refractivity contribution is -0.115. The van der Waals surface area contributed by atoms with E-state index in [4.69, 9.17) is 9.47 Å². The smallest absolute Gasteiger partial charge is 0.242 e. The maximum atomic E-state index is 13.2. The molecule has 0 aliphatic rings. The Hall–Kier alpha value is -2.92. The quantitative estimate of drug-likeness (QED) is 0.509. The Morgan fingerprint density at radius 3 is 2.32 bits per heavy atom. The predicted molar refractivity (Wildman–Crippen MR) is 114 cm³/mol. The van der Waals surface area contributed by atoms with Gasteiger partial charge < -0.3 is 14.8 Å². The second-order valence-electron chi connectivity index (χ2n) is 6.00. The fraction of sp³-hybridized carbons (Fsp3) is 0.174. The van der Waals surface area contributed by atoms with Crippen molar-refractivity contribution in [3.63, 3.8) is 0 Å². The third-order valence-electron chi connectivity index (χ3n) is 4.10. The fourth-order valence-electron chi connectivity index (χ4n) is 2.74. The van der Waals surface area contributed by atoms with E-state index in [9.17, 15) is 4.79 Å². The lowest BCUT2D eigenvalue weighted by Crippen LogP contribution is -2.19. The molecule has 0 unspecified atom stereocenters. The fourth-order valence-corrected chi connectivity index (χ4v) is 3.77. The minimum atomic E-state index is -0.399. The summed E-state index contributed by atoms with van der Waals surface area (Å²) in [4.78, 5) is 14.2. The zero-order chi connectivity index (χ0) is 19.8. The molecular formula is C23H23NO3S. The maximum absolute atomic E-state index is 13.2. The van der Waals surface area contributed by atoms with Gasteiger partial charge in [-0.3, -0.25) is 4.79 Å². The van der Waals surface area contributed by atoms with Crippen molar-refractivity contribution >= 4 is 23.4 Å². The Morgan fingerprint density at radius 2 is 1.64 bits per heavy atom. The summed E-state index contributed by atoms with van der Waals surface area (Å²) in [6, 6.07) is 25.0. The maximum Gasteiger partial charge on any atom is 0.242 e. The van der Waals surface area contributed by atoms with Crippen molar-refractivity contribution in [2.45, 2.75) is 17.1 Å². The van der Waals surface area contributed by atoms with Crippen LogP contribution in [0, 0.1) is 0 Å². The molecule has 3 rings (SSSR count). The van der Waals surface area contributed by atoms with Crippen LogP contribution in [0.4, 0.5) is 5.69 Å². The van der Waals surface area contributed by atoms with Crippen molar-refractivity contribution in [1.82, 2.24) is 0 Å². The minimum Gasteiger partial charge on any atom is -0.497 e. The van der Waals surface area contributed by atoms with E-state index in [1.165, 1.54) is 11.8 Å². The van der Waals surface area contributed by atoms with Gasteiger partial charge in [0.2, 0.25) is 5.91 Å². The zero-order valence-electron chi connectivity index (χ0n) is 15.9. The van der Waals surface area contributed by atoms with E-state index >= 15 is 0 Å². The van der Waals surface area contributed by atoms with Crippen LogP contribution in [0.1, 0.15) is 17.7 Å². The van der Waals surface area contributed by atoms with Gasteiger partial charge in [-0.25, -0.2) is 0 Å². The summed E-state index contributed by atoms with van der Waals surface area (Å²) in [6.07, 6.45) is 0. The minimum absolute atomic E-state index is 0.0980. The zero-order valence-corrected chi connectivity index (χ0v) is 16.7. The molecule has 0 saturated carbocycles. The number of rotatable bonds is 8. The Balaban J connectivity index is 1.85. The van der Waals surface area contributed by atoms with Crippen LogP contribution in [0.2, 0.25) is 0 Å². The van der Waals surface area contributed by atoms with Gasteiger partial charge in [0.1, 0.15) is 16.7 Å². The standard InChI is InChI=1S/C23H23NO3S/c1-3-27-21-12-8-7-11-20(21)24-23(25)22(17-9-5-4-6-10-17)28-19-15-13-18(26-2)14-16-19/h4-16,22H,3H2,1-2H3,(H,24,25)/t22-/m0/s1. The van der Waals surface area contributed by atoms with Crippen LogP contribution in [0.25, 0.3) is 0 Å². The molecule has 1 N–H and O–H groups in total. The van der Waals surface area contributed by atoms with E-state index in [1.54, 1.807) is 7.11 Å². The molecule has 0 fully saturated rings. The largest absolute Gasteiger partial charge is 0.497 e. The van der Waals surface area contributed by atoms with Gasteiger partial charge in [-0.2, -0.15) is 0 Å². The molecule has 0 bridgehead atoms. The predicted octanol–water partition coefficient (Wildman–Crippen LogP) is 5.57. The number of para-hydroxylation sites is 2. The van der Waals surface area contributed by atoms with Crippen molar-refractivity contribution < 1.29 is 14.3 Å². The van der Waals surface area contributed by atoms with Gasteiger partial charge in [-0.15, -0.1) is 11.8 Å². The number of nitrogens with one attached hydrogen (secondary N) is 1. The van der Waals surface area contributed by atoms with E-state index in [0.29, 0.717) is 18.0 Å². The van der Waals surface area contributed by atoms with Crippen molar-refractivity contribution in [1.29, 1.82) is 0 Å². The van der Waals surface area contributed by atoms with E-state index in [-0.39, 0.29) is 5.91 Å². The van der Waals surface area contributed by atoms with Gasteiger partial charge in [0.25, 0.3) is 0 Å². The molecule has 3 aromatic rings. The average Bonchev–Trinajstić information content (AvgIpc) is 2.74. The summed E-state index contributed by atoms with van der Waals surface area (Å²) in [7, 11) is 1.64. The summed E-state index contributed by atoms with van der Waals surface area (Å²) in [6.45, 7) is 2.46. The molecule has 3 aromatic carbocycles. The summed E-state index contributed by atoms with van der Waals surface area (Å²) in [5, 5.41) is 2.63. The van der Waals surface area contributed by atoms with Crippen molar-refractivity contribution in [3.05, 3.63) is 84.4 Å². The molecular weight excluding hydrogens is 370 g/mol. The van der Waals surface area contributed by atoms with Crippen LogP contribution < -0.4 is 14.8 Å². The van der Waals surface area contributed by atoms with Crippen LogP contribution in [0.5, 0.6) is 11.5 Å². The molecule has 0 aliphatic heterocycles. The van der Waals surface area contributed by atoms with Crippen LogP contribution in [0.15, 0.2) is 83.8 Å². The summed E-state index contributed by atoms with van der Waals surface area (Å²) in [5.41, 5.74) is 1.61. The summed E-state index contributed by atoms with van der Waals surface area (Å²) in [5.74, 6) is 1.36. The third kappa shape index (κ3) is 5.08. The SMILES string of the molecule is CCOc1ccccc1NC(=O)[C@@H](Sc1ccc(OC)cc1)c1ccccc1. The Bertz CT molecular complexity index is 897. The number of hydrogen-bond donors (Lipinski definition) is 1. The highest BCUT2D eigenvalue weighted by molar-refractivity contribution is 8.00. The van der Waals surface area contributed by atoms with Gasteiger partial charge in [0, 0.05) is 4.90 Å². The topological polar surface area (TPSA) is 47.6 Å². The second-order valence-corrected chi connectivity index (χ2v) is 7.18. The molecule has 0 aromatic heterocycles. The van der Waals surface area contributed by atoms with E-state index in [0.717, 1.165) is 16.2 Å². The molecule has 0 aliphatic carbocycles. The molecule has 1 amide bonds. The molecule has 5 heteroatoms. The Kier molecular flexibility index (Phi) is 6.98. The summed E-state index contributed by atoms with van der Waals surface area (Å²) < 4.78 is 10.9. The van der Waals surface area contributed by atoms with Crippen LogP contribution in [-0.4, -0.2) is 19.6 Å². The average molecular weight is 394 g/mol. The monoisotopic (exact) mass is 393 g/mol. The third-order valence-corrected chi connectivity index (χ3v) is 5.36. The molecule has 0 spiro atoms. The van der Waals surface area contributed by atoms with Gasteiger partial charge >= 0.3 is 0 Å². The van der Waals surface area contributed by atoms with Crippen LogP contribution in [-0.2, 0) is 4.79 Å². The van der Waals surface area contributed by atoms with Crippen LogP contribution >= 0.6 is 11.8 Å². The summed E-state index contributed by atoms with van der Waals surface area (Å²) >= 11 is 1.50. The molecule has 1 atom stereocenters. The van der Waals surface area contributed by atoms with Gasteiger partial charge in [-0.05, 0) is 48.9 Å². The Labute approximate surface area is 169 Å². The number of carbonyl (C=O) groups excluding carboxylic acids is 1. The molecule has 0 radical (unpaired) electrons. The number of carbonyl (C=O) groups is 1. The lowest BCUT2D eigenvalue weighted by Gasteiger charge is -2.18.